The number of nitrogens with one attached hydrogen (secondary N) is 2. The minimum Gasteiger partial charge on any atom is -0.456 e. The molecule has 0 aliphatic rings. The third kappa shape index (κ3) is 8.38. The summed E-state index contributed by atoms with van der Waals surface area (Å²) in [4.78, 5) is 35.8. The van der Waals surface area contributed by atoms with E-state index in [1.165, 1.54) is 12.1 Å². The summed E-state index contributed by atoms with van der Waals surface area (Å²) in [5.74, 6) is -4.16. The summed E-state index contributed by atoms with van der Waals surface area (Å²) in [6.07, 6.45) is 0.333. The molecule has 2 amide bonds. The number of hydrogen-bond acceptors (Lipinski definition) is 5. The molecule has 0 aliphatic carbocycles. The highest BCUT2D eigenvalue weighted by Gasteiger charge is 2.13. The van der Waals surface area contributed by atoms with Crippen molar-refractivity contribution in [1.82, 2.24) is 5.32 Å². The van der Waals surface area contributed by atoms with Crippen molar-refractivity contribution in [2.45, 2.75) is 23.5 Å². The van der Waals surface area contributed by atoms with Gasteiger partial charge in [0.1, 0.15) is 0 Å². The van der Waals surface area contributed by atoms with E-state index >= 15 is 0 Å². The number of carbonyl (C=O) groups is 3. The number of anilines is 1. The molecule has 0 radical (unpaired) electrons. The van der Waals surface area contributed by atoms with E-state index in [0.29, 0.717) is 28.8 Å². The molecular weight excluding hydrogens is 438 g/mol. The Morgan fingerprint density at radius 1 is 1.07 bits per heavy atom. The van der Waals surface area contributed by atoms with E-state index in [2.05, 4.69) is 10.6 Å². The lowest BCUT2D eigenvalue weighted by atomic mass is 10.2. The van der Waals surface area contributed by atoms with Crippen LogP contribution in [0.25, 0.3) is 0 Å². The molecule has 0 atom stereocenters. The van der Waals surface area contributed by atoms with Gasteiger partial charge in [0.2, 0.25) is 0 Å². The van der Waals surface area contributed by atoms with Crippen molar-refractivity contribution in [1.29, 1.82) is 0 Å². The van der Waals surface area contributed by atoms with Crippen LogP contribution in [0.15, 0.2) is 53.4 Å². The van der Waals surface area contributed by atoms with Gasteiger partial charge in [-0.1, -0.05) is 35.5 Å². The maximum atomic E-state index is 12.6. The quantitative estimate of drug-likeness (QED) is 0.315. The molecule has 0 unspecified atom stereocenters. The Hall–Kier alpha value is -2.65. The van der Waals surface area contributed by atoms with Crippen molar-refractivity contribution in [2.75, 3.05) is 18.5 Å². The zero-order chi connectivity index (χ0) is 21.9. The summed E-state index contributed by atoms with van der Waals surface area (Å²) in [5.41, 5.74) is 0.665. The highest BCUT2D eigenvalue weighted by molar-refractivity contribution is 7.99. The van der Waals surface area contributed by atoms with Crippen LogP contribution in [0, 0.1) is 0 Å². The summed E-state index contributed by atoms with van der Waals surface area (Å²) >= 11 is 6.07. The van der Waals surface area contributed by atoms with E-state index in [1.807, 2.05) is 0 Å². The first-order valence-corrected chi connectivity index (χ1v) is 10.1. The number of para-hydroxylation sites is 1. The molecule has 0 bridgehead atoms. The molecular formula is C20H19ClF2N2O4S. The molecule has 2 aromatic carbocycles. The molecule has 2 N–H and O–H groups in total. The lowest BCUT2D eigenvalue weighted by Crippen LogP contribution is -2.25. The summed E-state index contributed by atoms with van der Waals surface area (Å²) in [6, 6.07) is 12.5. The van der Waals surface area contributed by atoms with Crippen LogP contribution in [0.1, 0.15) is 23.2 Å². The van der Waals surface area contributed by atoms with Gasteiger partial charge in [-0.3, -0.25) is 14.4 Å². The van der Waals surface area contributed by atoms with Crippen LogP contribution < -0.4 is 10.6 Å². The highest BCUT2D eigenvalue weighted by Crippen LogP contribution is 2.31. The monoisotopic (exact) mass is 456 g/mol. The van der Waals surface area contributed by atoms with Gasteiger partial charge in [0.15, 0.2) is 6.61 Å². The smallest absolute Gasteiger partial charge is 0.306 e. The third-order valence-electron chi connectivity index (χ3n) is 3.69. The molecule has 0 aliphatic heterocycles. The molecule has 0 saturated heterocycles. The van der Waals surface area contributed by atoms with Crippen LogP contribution in [-0.2, 0) is 14.3 Å². The number of halogens is 3. The van der Waals surface area contributed by atoms with Gasteiger partial charge in [0, 0.05) is 28.4 Å². The Morgan fingerprint density at radius 3 is 2.47 bits per heavy atom. The highest BCUT2D eigenvalue weighted by atomic mass is 35.5. The normalized spacial score (nSPS) is 10.5. The molecule has 0 fully saturated rings. The van der Waals surface area contributed by atoms with Crippen molar-refractivity contribution < 1.29 is 27.9 Å². The topological polar surface area (TPSA) is 84.5 Å². The fourth-order valence-electron chi connectivity index (χ4n) is 2.31. The van der Waals surface area contributed by atoms with Crippen molar-refractivity contribution in [2.24, 2.45) is 0 Å². The summed E-state index contributed by atoms with van der Waals surface area (Å²) in [6.45, 7) is -0.287. The zero-order valence-electron chi connectivity index (χ0n) is 15.7. The number of ether oxygens (including phenoxy) is 1. The molecule has 6 nitrogen and oxygen atoms in total. The lowest BCUT2D eigenvalue weighted by Gasteiger charge is -2.10. The van der Waals surface area contributed by atoms with E-state index in [0.717, 1.165) is 0 Å². The van der Waals surface area contributed by atoms with Gasteiger partial charge in [-0.25, -0.2) is 0 Å². The van der Waals surface area contributed by atoms with Gasteiger partial charge >= 0.3 is 5.97 Å². The second-order valence-electron chi connectivity index (χ2n) is 5.95. The Bertz CT molecular complexity index is 881. The first-order valence-electron chi connectivity index (χ1n) is 8.88. The minimum absolute atomic E-state index is 0.00595. The summed E-state index contributed by atoms with van der Waals surface area (Å²) in [5, 5.41) is 5.62. The molecule has 0 saturated carbocycles. The number of carbonyl (C=O) groups excluding carboxylic acids is 3. The summed E-state index contributed by atoms with van der Waals surface area (Å²) < 4.78 is 30.0. The fraction of sp³-hybridized carbons (Fsp3) is 0.250. The average Bonchev–Trinajstić information content (AvgIpc) is 2.71. The van der Waals surface area contributed by atoms with E-state index < -0.39 is 24.2 Å². The van der Waals surface area contributed by atoms with Crippen molar-refractivity contribution in [3.05, 3.63) is 59.1 Å². The average molecular weight is 457 g/mol. The van der Waals surface area contributed by atoms with Gasteiger partial charge in [0.25, 0.3) is 17.6 Å². The number of hydrogen-bond donors (Lipinski definition) is 2. The largest absolute Gasteiger partial charge is 0.456 e. The SMILES string of the molecule is O=C(COC(=O)CCCNC(=O)c1ccc(Cl)cc1)Nc1ccccc1SC(F)F. The lowest BCUT2D eigenvalue weighted by molar-refractivity contribution is -0.147. The number of amides is 2. The maximum absolute atomic E-state index is 12.6. The van der Waals surface area contributed by atoms with E-state index in [4.69, 9.17) is 16.3 Å². The van der Waals surface area contributed by atoms with Crippen LogP contribution in [0.5, 0.6) is 0 Å². The molecule has 0 spiro atoms. The predicted octanol–water partition coefficient (Wildman–Crippen LogP) is 4.35. The number of alkyl halides is 2. The number of rotatable bonds is 10. The number of thioether (sulfide) groups is 1. The van der Waals surface area contributed by atoms with Gasteiger partial charge in [-0.05, 0) is 42.8 Å². The van der Waals surface area contributed by atoms with Crippen LogP contribution >= 0.6 is 23.4 Å². The van der Waals surface area contributed by atoms with Crippen LogP contribution in [0.3, 0.4) is 0 Å². The fourth-order valence-corrected chi connectivity index (χ4v) is 3.03. The second kappa shape index (κ2) is 12.1. The first kappa shape index (κ1) is 23.6. The van der Waals surface area contributed by atoms with Gasteiger partial charge in [-0.15, -0.1) is 0 Å². The predicted molar refractivity (Wildman–Crippen MR) is 111 cm³/mol. The molecule has 160 valence electrons. The van der Waals surface area contributed by atoms with E-state index in [1.54, 1.807) is 36.4 Å². The third-order valence-corrected chi connectivity index (χ3v) is 4.73. The number of esters is 1. The molecule has 0 aromatic heterocycles. The van der Waals surface area contributed by atoms with Gasteiger partial charge in [-0.2, -0.15) is 8.78 Å². The first-order chi connectivity index (χ1) is 14.3. The van der Waals surface area contributed by atoms with Crippen molar-refractivity contribution >= 4 is 46.8 Å². The minimum atomic E-state index is -2.62. The zero-order valence-corrected chi connectivity index (χ0v) is 17.3. The Labute approximate surface area is 181 Å². The standard InChI is InChI=1S/C20H19ClF2N2O4S/c21-14-9-7-13(8-10-14)19(28)24-11-3-6-18(27)29-12-17(26)25-15-4-1-2-5-16(15)30-20(22)23/h1-2,4-5,7-10,20H,3,6,11-12H2,(H,24,28)(H,25,26). The molecule has 2 aromatic rings. The van der Waals surface area contributed by atoms with Gasteiger partial charge < -0.3 is 15.4 Å². The van der Waals surface area contributed by atoms with E-state index in [-0.39, 0.29) is 29.5 Å². The molecule has 10 heteroatoms. The molecule has 2 rings (SSSR count). The Kier molecular flexibility index (Phi) is 9.56. The number of benzene rings is 2. The second-order valence-corrected chi connectivity index (χ2v) is 7.42. The Morgan fingerprint density at radius 2 is 1.77 bits per heavy atom. The molecule has 0 heterocycles. The van der Waals surface area contributed by atoms with E-state index in [9.17, 15) is 23.2 Å². The van der Waals surface area contributed by atoms with Crippen LogP contribution in [-0.4, -0.2) is 36.7 Å². The van der Waals surface area contributed by atoms with Crippen LogP contribution in [0.4, 0.5) is 14.5 Å². The molecule has 30 heavy (non-hydrogen) atoms. The van der Waals surface area contributed by atoms with Gasteiger partial charge in [0.05, 0.1) is 5.69 Å². The van der Waals surface area contributed by atoms with Crippen molar-refractivity contribution in [3.63, 3.8) is 0 Å². The summed E-state index contributed by atoms with van der Waals surface area (Å²) in [7, 11) is 0. The Balaban J connectivity index is 1.66. The van der Waals surface area contributed by atoms with Crippen molar-refractivity contribution in [3.8, 4) is 0 Å². The van der Waals surface area contributed by atoms with Crippen LogP contribution in [0.2, 0.25) is 5.02 Å². The maximum Gasteiger partial charge on any atom is 0.306 e.